The van der Waals surface area contributed by atoms with E-state index in [-0.39, 0.29) is 11.8 Å². The normalized spacial score (nSPS) is 14.6. The fourth-order valence-corrected chi connectivity index (χ4v) is 3.60. The van der Waals surface area contributed by atoms with Gasteiger partial charge in [-0.15, -0.1) is 10.2 Å². The number of furan rings is 1. The average Bonchev–Trinajstić information content (AvgIpc) is 3.33. The van der Waals surface area contributed by atoms with Crippen molar-refractivity contribution in [2.24, 2.45) is 5.92 Å². The summed E-state index contributed by atoms with van der Waals surface area (Å²) in [5.74, 6) is 2.42. The van der Waals surface area contributed by atoms with E-state index in [2.05, 4.69) is 20.4 Å². The van der Waals surface area contributed by atoms with E-state index in [0.29, 0.717) is 18.0 Å². The summed E-state index contributed by atoms with van der Waals surface area (Å²) in [4.78, 5) is 14.8. The SMILES string of the molecule is COc1ccccc1CNC(=O)C1CCN(c2ccc(-c3ccco3)nn2)CC1. The van der Waals surface area contributed by atoms with E-state index in [1.165, 1.54) is 0 Å². The molecule has 0 bridgehead atoms. The quantitative estimate of drug-likeness (QED) is 0.693. The van der Waals surface area contributed by atoms with Crippen molar-refractivity contribution in [1.29, 1.82) is 0 Å². The van der Waals surface area contributed by atoms with Crippen LogP contribution in [0.5, 0.6) is 5.75 Å². The average molecular weight is 392 g/mol. The monoisotopic (exact) mass is 392 g/mol. The third-order valence-corrected chi connectivity index (χ3v) is 5.26. The van der Waals surface area contributed by atoms with Crippen LogP contribution in [-0.2, 0) is 11.3 Å². The van der Waals surface area contributed by atoms with E-state index in [1.807, 2.05) is 48.5 Å². The highest BCUT2D eigenvalue weighted by Crippen LogP contribution is 2.24. The Morgan fingerprint density at radius 3 is 2.66 bits per heavy atom. The molecule has 0 atom stereocenters. The molecule has 29 heavy (non-hydrogen) atoms. The van der Waals surface area contributed by atoms with Crippen LogP contribution in [0.3, 0.4) is 0 Å². The molecule has 1 saturated heterocycles. The molecule has 1 amide bonds. The van der Waals surface area contributed by atoms with Crippen LogP contribution in [0.2, 0.25) is 0 Å². The molecule has 7 nitrogen and oxygen atoms in total. The van der Waals surface area contributed by atoms with Crippen molar-refractivity contribution in [2.45, 2.75) is 19.4 Å². The van der Waals surface area contributed by atoms with Gasteiger partial charge in [-0.25, -0.2) is 0 Å². The number of carbonyl (C=O) groups is 1. The number of ether oxygens (including phenoxy) is 1. The van der Waals surface area contributed by atoms with Gasteiger partial charge in [0.25, 0.3) is 0 Å². The first-order chi connectivity index (χ1) is 14.2. The first-order valence-corrected chi connectivity index (χ1v) is 9.77. The Morgan fingerprint density at radius 2 is 1.97 bits per heavy atom. The zero-order chi connectivity index (χ0) is 20.1. The number of nitrogens with zero attached hydrogens (tertiary/aromatic N) is 3. The van der Waals surface area contributed by atoms with Crippen molar-refractivity contribution >= 4 is 11.7 Å². The van der Waals surface area contributed by atoms with Gasteiger partial charge in [0.15, 0.2) is 11.6 Å². The number of hydrogen-bond donors (Lipinski definition) is 1. The smallest absolute Gasteiger partial charge is 0.223 e. The molecular weight excluding hydrogens is 368 g/mol. The van der Waals surface area contributed by atoms with Crippen molar-refractivity contribution in [2.75, 3.05) is 25.1 Å². The number of carbonyl (C=O) groups excluding carboxylic acids is 1. The van der Waals surface area contributed by atoms with Gasteiger partial charge in [0.1, 0.15) is 11.4 Å². The van der Waals surface area contributed by atoms with Gasteiger partial charge in [-0.1, -0.05) is 18.2 Å². The van der Waals surface area contributed by atoms with E-state index in [0.717, 1.165) is 43.1 Å². The fourth-order valence-electron chi connectivity index (χ4n) is 3.60. The lowest BCUT2D eigenvalue weighted by Gasteiger charge is -2.31. The van der Waals surface area contributed by atoms with Crippen LogP contribution in [-0.4, -0.2) is 36.3 Å². The van der Waals surface area contributed by atoms with Crippen LogP contribution in [0.15, 0.2) is 59.2 Å². The highest BCUT2D eigenvalue weighted by Gasteiger charge is 2.25. The summed E-state index contributed by atoms with van der Waals surface area (Å²) >= 11 is 0. The van der Waals surface area contributed by atoms with Gasteiger partial charge in [-0.05, 0) is 43.2 Å². The minimum Gasteiger partial charge on any atom is -0.496 e. The van der Waals surface area contributed by atoms with Crippen molar-refractivity contribution < 1.29 is 13.9 Å². The lowest BCUT2D eigenvalue weighted by atomic mass is 9.96. The third kappa shape index (κ3) is 4.39. The molecule has 1 fully saturated rings. The van der Waals surface area contributed by atoms with Gasteiger partial charge < -0.3 is 19.4 Å². The van der Waals surface area contributed by atoms with Crippen molar-refractivity contribution in [3.8, 4) is 17.2 Å². The van der Waals surface area contributed by atoms with Crippen molar-refractivity contribution in [3.05, 3.63) is 60.4 Å². The summed E-state index contributed by atoms with van der Waals surface area (Å²) in [6, 6.07) is 15.3. The number of para-hydroxylation sites is 1. The molecule has 0 aliphatic carbocycles. The number of methoxy groups -OCH3 is 1. The van der Waals surface area contributed by atoms with Gasteiger partial charge >= 0.3 is 0 Å². The molecule has 2 aromatic heterocycles. The van der Waals surface area contributed by atoms with Crippen molar-refractivity contribution in [1.82, 2.24) is 15.5 Å². The molecular formula is C22H24N4O3. The Morgan fingerprint density at radius 1 is 1.14 bits per heavy atom. The summed E-state index contributed by atoms with van der Waals surface area (Å²) in [6.07, 6.45) is 3.20. The molecule has 4 rings (SSSR count). The molecule has 3 aromatic rings. The Bertz CT molecular complexity index is 933. The number of rotatable bonds is 6. The molecule has 1 aliphatic heterocycles. The molecule has 0 unspecified atom stereocenters. The Labute approximate surface area is 169 Å². The maximum absolute atomic E-state index is 12.6. The third-order valence-electron chi connectivity index (χ3n) is 5.26. The number of anilines is 1. The van der Waals surface area contributed by atoms with Crippen molar-refractivity contribution in [3.63, 3.8) is 0 Å². The standard InChI is InChI=1S/C22H24N4O3/c1-28-19-6-3-2-5-17(19)15-23-22(27)16-10-12-26(13-11-16)21-9-8-18(24-25-21)20-7-4-14-29-20/h2-9,14,16H,10-13,15H2,1H3,(H,23,27). The van der Waals surface area contributed by atoms with Gasteiger partial charge in [-0.2, -0.15) is 0 Å². The lowest BCUT2D eigenvalue weighted by molar-refractivity contribution is -0.125. The van der Waals surface area contributed by atoms with Crippen LogP contribution in [0, 0.1) is 5.92 Å². The van der Waals surface area contributed by atoms with E-state index >= 15 is 0 Å². The molecule has 1 aromatic carbocycles. The number of benzene rings is 1. The minimum absolute atomic E-state index is 0.0105. The zero-order valence-electron chi connectivity index (χ0n) is 16.4. The Balaban J connectivity index is 1.29. The Kier molecular flexibility index (Phi) is 5.74. The van der Waals surface area contributed by atoms with Crippen LogP contribution in [0.4, 0.5) is 5.82 Å². The van der Waals surface area contributed by atoms with Crippen LogP contribution >= 0.6 is 0 Å². The van der Waals surface area contributed by atoms with Crippen LogP contribution in [0.25, 0.3) is 11.5 Å². The molecule has 1 N–H and O–H groups in total. The molecule has 0 saturated carbocycles. The topological polar surface area (TPSA) is 80.5 Å². The molecule has 0 spiro atoms. The lowest BCUT2D eigenvalue weighted by Crippen LogP contribution is -2.40. The molecule has 0 radical (unpaired) electrons. The van der Waals surface area contributed by atoms with Gasteiger partial charge in [0.2, 0.25) is 5.91 Å². The van der Waals surface area contributed by atoms with E-state index < -0.39 is 0 Å². The fraction of sp³-hybridized carbons (Fsp3) is 0.318. The van der Waals surface area contributed by atoms with Gasteiger partial charge in [0, 0.05) is 31.1 Å². The number of nitrogens with one attached hydrogen (secondary N) is 1. The number of hydrogen-bond acceptors (Lipinski definition) is 6. The molecule has 3 heterocycles. The summed E-state index contributed by atoms with van der Waals surface area (Å²) in [7, 11) is 1.64. The summed E-state index contributed by atoms with van der Waals surface area (Å²) in [5.41, 5.74) is 1.69. The first kappa shape index (κ1) is 19.0. The highest BCUT2D eigenvalue weighted by atomic mass is 16.5. The van der Waals surface area contributed by atoms with E-state index in [1.54, 1.807) is 13.4 Å². The largest absolute Gasteiger partial charge is 0.496 e. The summed E-state index contributed by atoms with van der Waals surface area (Å²) < 4.78 is 10.7. The van der Waals surface area contributed by atoms with E-state index in [4.69, 9.17) is 9.15 Å². The van der Waals surface area contributed by atoms with Gasteiger partial charge in [0.05, 0.1) is 13.4 Å². The maximum Gasteiger partial charge on any atom is 0.223 e. The second kappa shape index (κ2) is 8.77. The number of aromatic nitrogens is 2. The van der Waals surface area contributed by atoms with Crippen LogP contribution in [0.1, 0.15) is 18.4 Å². The van der Waals surface area contributed by atoms with Gasteiger partial charge in [-0.3, -0.25) is 4.79 Å². The maximum atomic E-state index is 12.6. The zero-order valence-corrected chi connectivity index (χ0v) is 16.4. The summed E-state index contributed by atoms with van der Waals surface area (Å²) in [5, 5.41) is 11.6. The molecule has 150 valence electrons. The Hall–Kier alpha value is -3.35. The second-order valence-corrected chi connectivity index (χ2v) is 7.05. The molecule has 7 heteroatoms. The predicted octanol–water partition coefficient (Wildman–Crippen LogP) is 3.28. The molecule has 1 aliphatic rings. The number of piperidine rings is 1. The first-order valence-electron chi connectivity index (χ1n) is 9.77. The van der Waals surface area contributed by atoms with E-state index in [9.17, 15) is 4.79 Å². The summed E-state index contributed by atoms with van der Waals surface area (Å²) in [6.45, 7) is 2.03. The second-order valence-electron chi connectivity index (χ2n) is 7.05. The minimum atomic E-state index is 0.0105. The van der Waals surface area contributed by atoms with Crippen LogP contribution < -0.4 is 15.0 Å². The number of amides is 1. The highest BCUT2D eigenvalue weighted by molar-refractivity contribution is 5.79. The predicted molar refractivity (Wildman–Crippen MR) is 110 cm³/mol.